The molecule has 0 aliphatic heterocycles. The predicted molar refractivity (Wildman–Crippen MR) is 54.2 cm³/mol. The van der Waals surface area contributed by atoms with Gasteiger partial charge in [0.2, 0.25) is 0 Å². The molecule has 0 spiro atoms. The van der Waals surface area contributed by atoms with Crippen LogP contribution in [0.1, 0.15) is 6.92 Å². The van der Waals surface area contributed by atoms with E-state index in [1.54, 1.807) is 14.1 Å². The van der Waals surface area contributed by atoms with Gasteiger partial charge in [-0.1, -0.05) is 0 Å². The Morgan fingerprint density at radius 2 is 1.79 bits per heavy atom. The predicted octanol–water partition coefficient (Wildman–Crippen LogP) is -0.539. The van der Waals surface area contributed by atoms with Gasteiger partial charge in [0, 0.05) is 0 Å². The average Bonchev–Trinajstić information content (AvgIpc) is 2.13. The van der Waals surface area contributed by atoms with Gasteiger partial charge in [-0.05, 0) is 0 Å². The molecular weight excluding hydrogens is 183 g/mol. The van der Waals surface area contributed by atoms with E-state index < -0.39 is 6.09 Å². The van der Waals surface area contributed by atoms with Gasteiger partial charge < -0.3 is 0 Å². The van der Waals surface area contributed by atoms with E-state index in [2.05, 4.69) is 4.74 Å². The van der Waals surface area contributed by atoms with E-state index in [9.17, 15) is 9.59 Å². The zero-order chi connectivity index (χ0) is 11.1. The van der Waals surface area contributed by atoms with Crippen molar-refractivity contribution in [1.82, 2.24) is 9.80 Å². The molecule has 0 N–H and O–H groups in total. The van der Waals surface area contributed by atoms with Crippen LogP contribution in [0.15, 0.2) is 0 Å². The summed E-state index contributed by atoms with van der Waals surface area (Å²) in [5.74, 6) is -0.0443. The van der Waals surface area contributed by atoms with Gasteiger partial charge in [-0.3, -0.25) is 0 Å². The van der Waals surface area contributed by atoms with E-state index in [1.807, 2.05) is 0 Å². The normalized spacial score (nSPS) is 9.00. The molecule has 0 aliphatic rings. The van der Waals surface area contributed by atoms with Crippen molar-refractivity contribution in [1.29, 1.82) is 0 Å². The van der Waals surface area contributed by atoms with Crippen molar-refractivity contribution < 1.29 is 14.3 Å². The van der Waals surface area contributed by atoms with E-state index in [0.29, 0.717) is 13.1 Å². The standard InChI is InChI=1S/C8H14BN2O3/c1-7(12)10(2)4-5-11(3)8(13)14-6-9/h6H,4-5H2,1-3H3. The van der Waals surface area contributed by atoms with Crippen LogP contribution in [0.4, 0.5) is 4.79 Å². The Kier molecular flexibility index (Phi) is 5.59. The monoisotopic (exact) mass is 197 g/mol. The SMILES string of the molecule is [B]=COC(=O)N(C)CCN(C)C(C)=O. The summed E-state index contributed by atoms with van der Waals surface area (Å²) < 4.78 is 4.43. The molecule has 0 fully saturated rings. The molecule has 14 heavy (non-hydrogen) atoms. The fraction of sp³-hybridized carbons (Fsp3) is 0.625. The summed E-state index contributed by atoms with van der Waals surface area (Å²) in [6, 6.07) is 0. The van der Waals surface area contributed by atoms with Crippen molar-refractivity contribution >= 4 is 25.6 Å². The van der Waals surface area contributed by atoms with Crippen LogP contribution in [-0.4, -0.2) is 62.6 Å². The minimum atomic E-state index is -0.538. The summed E-state index contributed by atoms with van der Waals surface area (Å²) >= 11 is 0. The first-order valence-electron chi connectivity index (χ1n) is 4.16. The number of carbonyl (C=O) groups excluding carboxylic acids is 2. The number of ether oxygens (including phenoxy) is 1. The van der Waals surface area contributed by atoms with Crippen molar-refractivity contribution in [2.45, 2.75) is 6.92 Å². The number of likely N-dealkylation sites (N-methyl/N-ethyl adjacent to an activating group) is 2. The van der Waals surface area contributed by atoms with E-state index in [4.69, 9.17) is 7.49 Å². The summed E-state index contributed by atoms with van der Waals surface area (Å²) in [6.07, 6.45) is 0.289. The molecule has 2 amide bonds. The van der Waals surface area contributed by atoms with Gasteiger partial charge in [-0.2, -0.15) is 0 Å². The van der Waals surface area contributed by atoms with Crippen LogP contribution in [0.25, 0.3) is 0 Å². The van der Waals surface area contributed by atoms with Gasteiger partial charge in [-0.15, -0.1) is 0 Å². The Labute approximate surface area is 84.7 Å². The summed E-state index contributed by atoms with van der Waals surface area (Å²) in [6.45, 7) is 2.33. The van der Waals surface area contributed by atoms with Crippen LogP contribution in [-0.2, 0) is 9.53 Å². The van der Waals surface area contributed by atoms with Gasteiger partial charge >= 0.3 is 83.9 Å². The molecule has 0 saturated heterocycles. The third-order valence-electron chi connectivity index (χ3n) is 1.79. The summed E-state index contributed by atoms with van der Waals surface area (Å²) in [7, 11) is 8.14. The van der Waals surface area contributed by atoms with Crippen LogP contribution < -0.4 is 0 Å². The molecule has 0 heterocycles. The van der Waals surface area contributed by atoms with Gasteiger partial charge in [0.15, 0.2) is 0 Å². The maximum atomic E-state index is 11.0. The quantitative estimate of drug-likeness (QED) is 0.568. The van der Waals surface area contributed by atoms with Crippen molar-refractivity contribution in [3.05, 3.63) is 0 Å². The third-order valence-corrected chi connectivity index (χ3v) is 1.79. The summed E-state index contributed by atoms with van der Waals surface area (Å²) in [5, 5.41) is 0. The van der Waals surface area contributed by atoms with Crippen molar-refractivity contribution in [3.8, 4) is 0 Å². The first-order chi connectivity index (χ1) is 6.49. The fourth-order valence-corrected chi connectivity index (χ4v) is 0.697. The second-order valence-electron chi connectivity index (χ2n) is 2.88. The van der Waals surface area contributed by atoms with Crippen molar-refractivity contribution in [2.75, 3.05) is 27.2 Å². The minimum absolute atomic E-state index is 0.0443. The molecule has 0 rings (SSSR count). The van der Waals surface area contributed by atoms with Crippen molar-refractivity contribution in [2.24, 2.45) is 0 Å². The van der Waals surface area contributed by atoms with Crippen LogP contribution in [0, 0.1) is 0 Å². The number of hydrogen-bond donors (Lipinski definition) is 0. The molecule has 0 unspecified atom stereocenters. The first kappa shape index (κ1) is 12.7. The van der Waals surface area contributed by atoms with Crippen LogP contribution in [0.2, 0.25) is 0 Å². The van der Waals surface area contributed by atoms with E-state index >= 15 is 0 Å². The Morgan fingerprint density at radius 3 is 2.21 bits per heavy atom. The molecule has 6 heteroatoms. The third kappa shape index (κ3) is 4.64. The Balaban J connectivity index is 3.83. The molecule has 0 atom stereocenters. The molecule has 0 aliphatic carbocycles. The zero-order valence-electron chi connectivity index (χ0n) is 8.69. The van der Waals surface area contributed by atoms with E-state index in [-0.39, 0.29) is 5.91 Å². The number of rotatable bonds is 4. The molecule has 5 nitrogen and oxygen atoms in total. The Bertz CT molecular complexity index is 233. The van der Waals surface area contributed by atoms with Gasteiger partial charge in [0.05, 0.1) is 0 Å². The topological polar surface area (TPSA) is 49.9 Å². The maximum absolute atomic E-state index is 11.0. The molecule has 0 aromatic carbocycles. The van der Waals surface area contributed by atoms with Gasteiger partial charge in [0.1, 0.15) is 0 Å². The molecule has 1 radical (unpaired) electrons. The van der Waals surface area contributed by atoms with E-state index in [0.717, 1.165) is 6.15 Å². The second kappa shape index (κ2) is 6.18. The van der Waals surface area contributed by atoms with E-state index in [1.165, 1.54) is 16.7 Å². The number of amides is 2. The van der Waals surface area contributed by atoms with Gasteiger partial charge in [0.25, 0.3) is 0 Å². The molecular formula is C8H14BN2O3. The average molecular weight is 197 g/mol. The van der Waals surface area contributed by atoms with Gasteiger partial charge in [-0.25, -0.2) is 0 Å². The molecule has 77 valence electrons. The first-order valence-corrected chi connectivity index (χ1v) is 4.16. The van der Waals surface area contributed by atoms with Crippen LogP contribution in [0.5, 0.6) is 0 Å². The number of carbonyl (C=O) groups is 2. The molecule has 0 bridgehead atoms. The summed E-state index contributed by atoms with van der Waals surface area (Å²) in [4.78, 5) is 24.7. The summed E-state index contributed by atoms with van der Waals surface area (Å²) in [5.41, 5.74) is 0. The number of hydrogen-bond acceptors (Lipinski definition) is 3. The molecule has 0 saturated carbocycles. The molecule has 0 aromatic rings. The molecule has 0 aromatic heterocycles. The van der Waals surface area contributed by atoms with Crippen LogP contribution in [0.3, 0.4) is 0 Å². The van der Waals surface area contributed by atoms with Crippen LogP contribution >= 0.6 is 0 Å². The Morgan fingerprint density at radius 1 is 1.29 bits per heavy atom. The fourth-order valence-electron chi connectivity index (χ4n) is 0.697. The Hall–Kier alpha value is -1.33. The zero-order valence-corrected chi connectivity index (χ0v) is 8.69. The second-order valence-corrected chi connectivity index (χ2v) is 2.88. The van der Waals surface area contributed by atoms with Crippen molar-refractivity contribution in [3.63, 3.8) is 0 Å². The number of nitrogens with zero attached hydrogens (tertiary/aromatic N) is 2.